The fourth-order valence-corrected chi connectivity index (χ4v) is 1.57. The van der Waals surface area contributed by atoms with Crippen molar-refractivity contribution in [2.24, 2.45) is 0 Å². The third kappa shape index (κ3) is 2.13. The van der Waals surface area contributed by atoms with E-state index in [4.69, 9.17) is 11.6 Å². The molecule has 5 heteroatoms. The number of halogens is 1. The first-order valence-electron chi connectivity index (χ1n) is 4.72. The van der Waals surface area contributed by atoms with Gasteiger partial charge in [0, 0.05) is 12.6 Å². The summed E-state index contributed by atoms with van der Waals surface area (Å²) < 4.78 is 0. The molecule has 1 aliphatic rings. The molecule has 4 nitrogen and oxygen atoms in total. The summed E-state index contributed by atoms with van der Waals surface area (Å²) in [7, 11) is 0. The minimum Gasteiger partial charge on any atom is -0.350 e. The molecule has 1 fully saturated rings. The normalized spacial score (nSPS) is 21.1. The fraction of sp³-hybridized carbons (Fsp3) is 0.556. The van der Waals surface area contributed by atoms with Crippen LogP contribution in [0.25, 0.3) is 0 Å². The summed E-state index contributed by atoms with van der Waals surface area (Å²) in [5.74, 6) is 0.667. The van der Waals surface area contributed by atoms with Crippen molar-refractivity contribution in [3.05, 3.63) is 16.9 Å². The zero-order valence-corrected chi connectivity index (χ0v) is 8.80. The molecule has 0 bridgehead atoms. The molecule has 1 atom stereocenters. The summed E-state index contributed by atoms with van der Waals surface area (Å²) in [6.45, 7) is 3.91. The highest BCUT2D eigenvalue weighted by molar-refractivity contribution is 6.31. The lowest BCUT2D eigenvalue weighted by Crippen LogP contribution is -2.23. The lowest BCUT2D eigenvalue weighted by Gasteiger charge is -2.11. The van der Waals surface area contributed by atoms with Gasteiger partial charge in [-0.25, -0.2) is 9.97 Å². The van der Waals surface area contributed by atoms with E-state index in [9.17, 15) is 0 Å². The molecule has 1 unspecified atom stereocenters. The first-order valence-corrected chi connectivity index (χ1v) is 5.10. The lowest BCUT2D eigenvalue weighted by molar-refractivity contribution is 0.779. The van der Waals surface area contributed by atoms with Crippen LogP contribution < -0.4 is 10.6 Å². The summed E-state index contributed by atoms with van der Waals surface area (Å²) in [6.07, 6.45) is 2.75. The minimum atomic E-state index is 0.440. The first-order chi connectivity index (χ1) is 6.75. The average molecular weight is 213 g/mol. The molecule has 76 valence electrons. The highest BCUT2D eigenvalue weighted by Crippen LogP contribution is 2.13. The molecule has 0 radical (unpaired) electrons. The maximum atomic E-state index is 5.83. The van der Waals surface area contributed by atoms with Gasteiger partial charge < -0.3 is 10.6 Å². The third-order valence-corrected chi connectivity index (χ3v) is 2.68. The summed E-state index contributed by atoms with van der Waals surface area (Å²) in [4.78, 5) is 8.37. The Balaban J connectivity index is 2.05. The van der Waals surface area contributed by atoms with Crippen LogP contribution in [0.5, 0.6) is 0 Å². The number of aryl methyl sites for hydroxylation is 1. The summed E-state index contributed by atoms with van der Waals surface area (Å²) >= 11 is 5.83. The molecular weight excluding hydrogens is 200 g/mol. The summed E-state index contributed by atoms with van der Waals surface area (Å²) in [5.41, 5.74) is 0.815. The van der Waals surface area contributed by atoms with Gasteiger partial charge in [0.25, 0.3) is 0 Å². The van der Waals surface area contributed by atoms with Gasteiger partial charge in [0.15, 0.2) is 0 Å². The molecule has 0 aromatic carbocycles. The number of hydrogen-bond donors (Lipinski definition) is 2. The molecule has 1 aliphatic heterocycles. The quantitative estimate of drug-likeness (QED) is 0.774. The van der Waals surface area contributed by atoms with Gasteiger partial charge in [-0.1, -0.05) is 11.6 Å². The Morgan fingerprint density at radius 1 is 1.64 bits per heavy atom. The fourth-order valence-electron chi connectivity index (χ4n) is 1.48. The van der Waals surface area contributed by atoms with Crippen molar-refractivity contribution in [3.8, 4) is 0 Å². The maximum Gasteiger partial charge on any atom is 0.223 e. The second-order valence-corrected chi connectivity index (χ2v) is 3.87. The molecule has 2 heterocycles. The molecule has 0 saturated carbocycles. The second kappa shape index (κ2) is 4.11. The van der Waals surface area contributed by atoms with E-state index in [-0.39, 0.29) is 0 Å². The molecule has 0 amide bonds. The smallest absolute Gasteiger partial charge is 0.223 e. The molecular formula is C9H13ClN4. The largest absolute Gasteiger partial charge is 0.350 e. The topological polar surface area (TPSA) is 49.8 Å². The SMILES string of the molecule is Cc1nc(NC2CCNC2)ncc1Cl. The predicted molar refractivity (Wildman–Crippen MR) is 56.7 cm³/mol. The van der Waals surface area contributed by atoms with Crippen LogP contribution in [0.4, 0.5) is 5.95 Å². The molecule has 1 saturated heterocycles. The van der Waals surface area contributed by atoms with E-state index in [0.717, 1.165) is 25.2 Å². The van der Waals surface area contributed by atoms with Crippen LogP contribution in [0.3, 0.4) is 0 Å². The van der Waals surface area contributed by atoms with Gasteiger partial charge >= 0.3 is 0 Å². The maximum absolute atomic E-state index is 5.83. The monoisotopic (exact) mass is 212 g/mol. The van der Waals surface area contributed by atoms with Crippen LogP contribution in [0.15, 0.2) is 6.20 Å². The van der Waals surface area contributed by atoms with E-state index in [2.05, 4.69) is 20.6 Å². The third-order valence-electron chi connectivity index (χ3n) is 2.31. The van der Waals surface area contributed by atoms with Gasteiger partial charge in [0.2, 0.25) is 5.95 Å². The van der Waals surface area contributed by atoms with Crippen LogP contribution in [-0.4, -0.2) is 29.1 Å². The number of hydrogen-bond acceptors (Lipinski definition) is 4. The van der Waals surface area contributed by atoms with E-state index >= 15 is 0 Å². The first kappa shape index (κ1) is 9.68. The van der Waals surface area contributed by atoms with Crippen LogP contribution in [0.1, 0.15) is 12.1 Å². The average Bonchev–Trinajstić information content (AvgIpc) is 2.64. The van der Waals surface area contributed by atoms with Crippen molar-refractivity contribution in [3.63, 3.8) is 0 Å². The molecule has 1 aromatic heterocycles. The van der Waals surface area contributed by atoms with E-state index < -0.39 is 0 Å². The Morgan fingerprint density at radius 2 is 2.50 bits per heavy atom. The van der Waals surface area contributed by atoms with Crippen molar-refractivity contribution < 1.29 is 0 Å². The predicted octanol–water partition coefficient (Wildman–Crippen LogP) is 1.21. The zero-order valence-electron chi connectivity index (χ0n) is 8.05. The molecule has 2 rings (SSSR count). The standard InChI is InChI=1S/C9H13ClN4/c1-6-8(10)5-12-9(13-6)14-7-2-3-11-4-7/h5,7,11H,2-4H2,1H3,(H,12,13,14). The van der Waals surface area contributed by atoms with E-state index in [0.29, 0.717) is 17.0 Å². The molecule has 0 spiro atoms. The van der Waals surface area contributed by atoms with Gasteiger partial charge in [-0.15, -0.1) is 0 Å². The van der Waals surface area contributed by atoms with Gasteiger partial charge in [0.1, 0.15) is 0 Å². The van der Waals surface area contributed by atoms with Crippen molar-refractivity contribution in [1.29, 1.82) is 0 Å². The van der Waals surface area contributed by atoms with Crippen LogP contribution >= 0.6 is 11.6 Å². The van der Waals surface area contributed by atoms with Crippen molar-refractivity contribution in [2.75, 3.05) is 18.4 Å². The number of nitrogens with zero attached hydrogens (tertiary/aromatic N) is 2. The highest BCUT2D eigenvalue weighted by Gasteiger charge is 2.14. The van der Waals surface area contributed by atoms with E-state index in [1.54, 1.807) is 6.20 Å². The van der Waals surface area contributed by atoms with Gasteiger partial charge in [-0.2, -0.15) is 0 Å². The minimum absolute atomic E-state index is 0.440. The van der Waals surface area contributed by atoms with Crippen LogP contribution in [0.2, 0.25) is 5.02 Å². The van der Waals surface area contributed by atoms with E-state index in [1.807, 2.05) is 6.92 Å². The Labute approximate surface area is 88.1 Å². The molecule has 14 heavy (non-hydrogen) atoms. The molecule has 2 N–H and O–H groups in total. The Hall–Kier alpha value is -0.870. The number of rotatable bonds is 2. The summed E-state index contributed by atoms with van der Waals surface area (Å²) in [6, 6.07) is 0.440. The van der Waals surface area contributed by atoms with Gasteiger partial charge in [-0.05, 0) is 19.9 Å². The zero-order chi connectivity index (χ0) is 9.97. The Morgan fingerprint density at radius 3 is 3.14 bits per heavy atom. The second-order valence-electron chi connectivity index (χ2n) is 3.46. The van der Waals surface area contributed by atoms with Crippen molar-refractivity contribution in [1.82, 2.24) is 15.3 Å². The lowest BCUT2D eigenvalue weighted by atomic mass is 10.3. The van der Waals surface area contributed by atoms with E-state index in [1.165, 1.54) is 0 Å². The highest BCUT2D eigenvalue weighted by atomic mass is 35.5. The van der Waals surface area contributed by atoms with Crippen molar-refractivity contribution >= 4 is 17.5 Å². The molecule has 0 aliphatic carbocycles. The number of anilines is 1. The number of aromatic nitrogens is 2. The molecule has 1 aromatic rings. The van der Waals surface area contributed by atoms with Crippen LogP contribution in [-0.2, 0) is 0 Å². The Kier molecular flexibility index (Phi) is 2.84. The number of nitrogens with one attached hydrogen (secondary N) is 2. The summed E-state index contributed by atoms with van der Waals surface area (Å²) in [5, 5.41) is 7.15. The van der Waals surface area contributed by atoms with Crippen molar-refractivity contribution in [2.45, 2.75) is 19.4 Å². The Bertz CT molecular complexity index is 323. The van der Waals surface area contributed by atoms with Crippen LogP contribution in [0, 0.1) is 6.92 Å². The van der Waals surface area contributed by atoms with Gasteiger partial charge in [-0.3, -0.25) is 0 Å². The van der Waals surface area contributed by atoms with Gasteiger partial charge in [0.05, 0.1) is 16.9 Å².